The quantitative estimate of drug-likeness (QED) is 0.885. The minimum atomic E-state index is -0.909. The lowest BCUT2D eigenvalue weighted by Crippen LogP contribution is -2.42. The Kier molecular flexibility index (Phi) is 3.74. The van der Waals surface area contributed by atoms with Crippen molar-refractivity contribution in [1.82, 2.24) is 0 Å². The van der Waals surface area contributed by atoms with E-state index in [1.807, 2.05) is 31.2 Å². The highest BCUT2D eigenvalue weighted by Crippen LogP contribution is 2.20. The van der Waals surface area contributed by atoms with Gasteiger partial charge in [0, 0.05) is 10.2 Å². The van der Waals surface area contributed by atoms with Crippen molar-refractivity contribution < 1.29 is 9.90 Å². The zero-order chi connectivity index (χ0) is 11.5. The van der Waals surface area contributed by atoms with E-state index >= 15 is 0 Å². The maximum absolute atomic E-state index is 11.1. The van der Waals surface area contributed by atoms with Crippen molar-refractivity contribution in [3.63, 3.8) is 0 Å². The average Bonchev–Trinajstić information content (AvgIpc) is 2.21. The molecule has 0 spiro atoms. The fourth-order valence-electron chi connectivity index (χ4n) is 1.14. The number of benzene rings is 1. The van der Waals surface area contributed by atoms with Gasteiger partial charge in [-0.05, 0) is 37.6 Å². The Labute approximate surface area is 97.6 Å². The number of aliphatic carboxylic acids is 1. The van der Waals surface area contributed by atoms with Gasteiger partial charge in [0.25, 0.3) is 0 Å². The van der Waals surface area contributed by atoms with E-state index in [2.05, 4.69) is 21.2 Å². The molecule has 0 aromatic heterocycles. The minimum absolute atomic E-state index is 0.526. The van der Waals surface area contributed by atoms with E-state index in [1.54, 1.807) is 6.92 Å². The molecule has 0 aliphatic rings. The first-order valence-electron chi connectivity index (χ1n) is 4.75. The maximum atomic E-state index is 11.1. The summed E-state index contributed by atoms with van der Waals surface area (Å²) in [5.41, 5.74) is -0.0988. The molecule has 82 valence electrons. The van der Waals surface area contributed by atoms with Crippen LogP contribution in [-0.2, 0) is 4.79 Å². The van der Waals surface area contributed by atoms with Crippen molar-refractivity contribution in [1.29, 1.82) is 0 Å². The number of carbonyl (C=O) groups is 1. The molecule has 1 rings (SSSR count). The lowest BCUT2D eigenvalue weighted by Gasteiger charge is -2.25. The van der Waals surface area contributed by atoms with E-state index in [1.165, 1.54) is 0 Å². The van der Waals surface area contributed by atoms with Gasteiger partial charge < -0.3 is 10.4 Å². The zero-order valence-electron chi connectivity index (χ0n) is 8.75. The average molecular weight is 272 g/mol. The lowest BCUT2D eigenvalue weighted by molar-refractivity contribution is -0.141. The van der Waals surface area contributed by atoms with Crippen LogP contribution in [0.4, 0.5) is 5.69 Å². The molecule has 1 atom stereocenters. The number of anilines is 1. The topological polar surface area (TPSA) is 49.3 Å². The summed E-state index contributed by atoms with van der Waals surface area (Å²) in [6, 6.07) is 7.45. The van der Waals surface area contributed by atoms with Crippen molar-refractivity contribution in [3.05, 3.63) is 28.7 Å². The standard InChI is InChI=1S/C11H14BrNO2/c1-3-11(2,10(14)15)13-9-6-4-8(12)5-7-9/h4-7,13H,3H2,1-2H3,(H,14,15). The van der Waals surface area contributed by atoms with E-state index < -0.39 is 11.5 Å². The van der Waals surface area contributed by atoms with E-state index in [-0.39, 0.29) is 0 Å². The van der Waals surface area contributed by atoms with Gasteiger partial charge in [0.1, 0.15) is 5.54 Å². The molecule has 4 heteroatoms. The summed E-state index contributed by atoms with van der Waals surface area (Å²) in [6.07, 6.45) is 0.526. The van der Waals surface area contributed by atoms with Crippen LogP contribution in [0.15, 0.2) is 28.7 Å². The normalized spacial score (nSPS) is 14.3. The number of halogens is 1. The molecule has 0 amide bonds. The van der Waals surface area contributed by atoms with Gasteiger partial charge in [-0.15, -0.1) is 0 Å². The third-order valence-electron chi connectivity index (χ3n) is 2.44. The molecule has 0 radical (unpaired) electrons. The van der Waals surface area contributed by atoms with Crippen LogP contribution in [0.1, 0.15) is 20.3 Å². The molecule has 0 aliphatic heterocycles. The Bertz CT molecular complexity index is 350. The van der Waals surface area contributed by atoms with Crippen molar-refractivity contribution in [2.75, 3.05) is 5.32 Å². The third-order valence-corrected chi connectivity index (χ3v) is 2.97. The Hall–Kier alpha value is -1.03. The minimum Gasteiger partial charge on any atom is -0.480 e. The molecule has 0 bridgehead atoms. The summed E-state index contributed by atoms with van der Waals surface area (Å²) < 4.78 is 0.974. The van der Waals surface area contributed by atoms with Gasteiger partial charge in [-0.25, -0.2) is 4.79 Å². The first-order valence-corrected chi connectivity index (χ1v) is 5.54. The number of carboxylic acid groups (broad SMARTS) is 1. The molecule has 0 heterocycles. The van der Waals surface area contributed by atoms with Crippen LogP contribution < -0.4 is 5.32 Å². The van der Waals surface area contributed by atoms with E-state index in [4.69, 9.17) is 5.11 Å². The molecular weight excluding hydrogens is 258 g/mol. The molecule has 0 saturated carbocycles. The second-order valence-electron chi connectivity index (χ2n) is 3.62. The molecule has 15 heavy (non-hydrogen) atoms. The maximum Gasteiger partial charge on any atom is 0.329 e. The van der Waals surface area contributed by atoms with Crippen LogP contribution in [0.5, 0.6) is 0 Å². The number of rotatable bonds is 4. The van der Waals surface area contributed by atoms with Crippen molar-refractivity contribution >= 4 is 27.6 Å². The summed E-state index contributed by atoms with van der Waals surface area (Å²) >= 11 is 3.33. The smallest absolute Gasteiger partial charge is 0.329 e. The second-order valence-corrected chi connectivity index (χ2v) is 4.54. The highest BCUT2D eigenvalue weighted by Gasteiger charge is 2.30. The second kappa shape index (κ2) is 4.66. The molecule has 2 N–H and O–H groups in total. The molecule has 0 aliphatic carbocycles. The highest BCUT2D eigenvalue weighted by atomic mass is 79.9. The van der Waals surface area contributed by atoms with Crippen molar-refractivity contribution in [3.8, 4) is 0 Å². The van der Waals surface area contributed by atoms with Gasteiger partial charge >= 0.3 is 5.97 Å². The molecule has 1 aromatic carbocycles. The molecule has 0 fully saturated rings. The predicted molar refractivity (Wildman–Crippen MR) is 64.1 cm³/mol. The zero-order valence-corrected chi connectivity index (χ0v) is 10.3. The Morgan fingerprint density at radius 2 is 2.00 bits per heavy atom. The largest absolute Gasteiger partial charge is 0.480 e. The molecule has 1 aromatic rings. The van der Waals surface area contributed by atoms with Gasteiger partial charge in [0.2, 0.25) is 0 Å². The monoisotopic (exact) mass is 271 g/mol. The van der Waals surface area contributed by atoms with Crippen LogP contribution in [0, 0.1) is 0 Å². The van der Waals surface area contributed by atoms with Gasteiger partial charge in [0.15, 0.2) is 0 Å². The molecule has 3 nitrogen and oxygen atoms in total. The summed E-state index contributed by atoms with van der Waals surface area (Å²) in [5, 5.41) is 12.1. The summed E-state index contributed by atoms with van der Waals surface area (Å²) in [6.45, 7) is 3.53. The summed E-state index contributed by atoms with van der Waals surface area (Å²) in [4.78, 5) is 11.1. The first kappa shape index (κ1) is 12.0. The fourth-order valence-corrected chi connectivity index (χ4v) is 1.41. The van der Waals surface area contributed by atoms with Crippen LogP contribution in [0.3, 0.4) is 0 Å². The van der Waals surface area contributed by atoms with Crippen LogP contribution in [-0.4, -0.2) is 16.6 Å². The number of nitrogens with one attached hydrogen (secondary N) is 1. The van der Waals surface area contributed by atoms with Crippen molar-refractivity contribution in [2.45, 2.75) is 25.8 Å². The first-order chi connectivity index (χ1) is 6.98. The molecular formula is C11H14BrNO2. The van der Waals surface area contributed by atoms with Crippen molar-refractivity contribution in [2.24, 2.45) is 0 Å². The predicted octanol–water partition coefficient (Wildman–Crippen LogP) is 3.11. The van der Waals surface area contributed by atoms with Gasteiger partial charge in [-0.1, -0.05) is 22.9 Å². The SMILES string of the molecule is CCC(C)(Nc1ccc(Br)cc1)C(=O)O. The van der Waals surface area contributed by atoms with Crippen LogP contribution in [0.25, 0.3) is 0 Å². The molecule has 0 saturated heterocycles. The number of carboxylic acids is 1. The van der Waals surface area contributed by atoms with Gasteiger partial charge in [-0.3, -0.25) is 0 Å². The fraction of sp³-hybridized carbons (Fsp3) is 0.364. The van der Waals surface area contributed by atoms with Crippen LogP contribution in [0.2, 0.25) is 0 Å². The van der Waals surface area contributed by atoms with Gasteiger partial charge in [0.05, 0.1) is 0 Å². The van der Waals surface area contributed by atoms with Gasteiger partial charge in [-0.2, -0.15) is 0 Å². The number of hydrogen-bond acceptors (Lipinski definition) is 2. The van der Waals surface area contributed by atoms with E-state index in [0.29, 0.717) is 6.42 Å². The highest BCUT2D eigenvalue weighted by molar-refractivity contribution is 9.10. The number of hydrogen-bond donors (Lipinski definition) is 2. The Balaban J connectivity index is 2.84. The Morgan fingerprint density at radius 1 is 1.47 bits per heavy atom. The van der Waals surface area contributed by atoms with E-state index in [9.17, 15) is 4.79 Å². The van der Waals surface area contributed by atoms with E-state index in [0.717, 1.165) is 10.2 Å². The molecule has 1 unspecified atom stereocenters. The van der Waals surface area contributed by atoms with Crippen LogP contribution >= 0.6 is 15.9 Å². The summed E-state index contributed by atoms with van der Waals surface area (Å²) in [7, 11) is 0. The third kappa shape index (κ3) is 2.96. The summed E-state index contributed by atoms with van der Waals surface area (Å²) in [5.74, 6) is -0.840. The lowest BCUT2D eigenvalue weighted by atomic mass is 9.99. The Morgan fingerprint density at radius 3 is 2.40 bits per heavy atom.